The van der Waals surface area contributed by atoms with Gasteiger partial charge in [0, 0.05) is 18.5 Å². The maximum absolute atomic E-state index is 12.2. The van der Waals surface area contributed by atoms with Gasteiger partial charge in [0.1, 0.15) is 0 Å². The highest BCUT2D eigenvalue weighted by Gasteiger charge is 2.29. The van der Waals surface area contributed by atoms with E-state index in [4.69, 9.17) is 0 Å². The molecule has 0 saturated carbocycles. The number of nitrogens with one attached hydrogen (secondary N) is 2. The van der Waals surface area contributed by atoms with Crippen molar-refractivity contribution in [1.29, 1.82) is 0 Å². The van der Waals surface area contributed by atoms with Crippen molar-refractivity contribution in [3.63, 3.8) is 0 Å². The maximum atomic E-state index is 12.2. The highest BCUT2D eigenvalue weighted by Crippen LogP contribution is 2.23. The molecule has 110 valence electrons. The van der Waals surface area contributed by atoms with E-state index in [0.717, 1.165) is 18.4 Å². The van der Waals surface area contributed by atoms with E-state index < -0.39 is 9.84 Å². The van der Waals surface area contributed by atoms with Crippen molar-refractivity contribution < 1.29 is 13.2 Å². The summed E-state index contributed by atoms with van der Waals surface area (Å²) in [5, 5.41) is 6.03. The van der Waals surface area contributed by atoms with Crippen molar-refractivity contribution in [2.24, 2.45) is 11.8 Å². The van der Waals surface area contributed by atoms with Gasteiger partial charge in [0.2, 0.25) is 5.91 Å². The molecule has 2 N–H and O–H groups in total. The summed E-state index contributed by atoms with van der Waals surface area (Å²) in [5.41, 5.74) is 1.42. The minimum absolute atomic E-state index is 0.0590. The largest absolute Gasteiger partial charge is 0.326 e. The van der Waals surface area contributed by atoms with Gasteiger partial charge in [-0.1, -0.05) is 13.0 Å². The summed E-state index contributed by atoms with van der Waals surface area (Å²) in [7, 11) is -3.27. The topological polar surface area (TPSA) is 75.3 Å². The molecule has 6 heteroatoms. The van der Waals surface area contributed by atoms with Crippen molar-refractivity contribution >= 4 is 21.4 Å². The molecule has 1 heterocycles. The minimum atomic E-state index is -3.27. The van der Waals surface area contributed by atoms with Crippen LogP contribution in [-0.2, 0) is 14.6 Å². The molecule has 5 nitrogen and oxygen atoms in total. The molecule has 2 atom stereocenters. The van der Waals surface area contributed by atoms with Gasteiger partial charge in [-0.25, -0.2) is 8.42 Å². The summed E-state index contributed by atoms with van der Waals surface area (Å²) in [6.45, 7) is 5.38. The molecule has 0 aromatic heterocycles. The van der Waals surface area contributed by atoms with E-state index in [9.17, 15) is 13.2 Å². The zero-order chi connectivity index (χ0) is 14.9. The molecule has 1 aliphatic rings. The minimum Gasteiger partial charge on any atom is -0.326 e. The summed E-state index contributed by atoms with van der Waals surface area (Å²) >= 11 is 0. The number of aryl methyl sites for hydroxylation is 1. The van der Waals surface area contributed by atoms with Crippen molar-refractivity contribution in [1.82, 2.24) is 5.32 Å². The standard InChI is InChI=1S/C14H20N2O3S/c1-9-4-5-11(20(3,18)19)6-13(9)16-14(17)12-8-15-7-10(12)2/h4-6,10,12,15H,7-8H2,1-3H3,(H,16,17)/t10-,12-/m1/s1. The van der Waals surface area contributed by atoms with Crippen LogP contribution in [0.3, 0.4) is 0 Å². The van der Waals surface area contributed by atoms with Gasteiger partial charge in [0.25, 0.3) is 0 Å². The third kappa shape index (κ3) is 3.19. The van der Waals surface area contributed by atoms with Gasteiger partial charge in [-0.3, -0.25) is 4.79 Å². The average Bonchev–Trinajstić information content (AvgIpc) is 2.77. The lowest BCUT2D eigenvalue weighted by Crippen LogP contribution is -2.28. The van der Waals surface area contributed by atoms with Crippen molar-refractivity contribution in [2.75, 3.05) is 24.7 Å². The molecule has 0 spiro atoms. The Balaban J connectivity index is 2.22. The number of sulfone groups is 1. The molecule has 1 aliphatic heterocycles. The summed E-state index contributed by atoms with van der Waals surface area (Å²) < 4.78 is 23.1. The van der Waals surface area contributed by atoms with Gasteiger partial charge < -0.3 is 10.6 Å². The number of amides is 1. The molecular formula is C14H20N2O3S. The van der Waals surface area contributed by atoms with E-state index in [1.165, 1.54) is 6.07 Å². The van der Waals surface area contributed by atoms with Gasteiger partial charge in [-0.2, -0.15) is 0 Å². The number of anilines is 1. The second-order valence-electron chi connectivity index (χ2n) is 5.48. The monoisotopic (exact) mass is 296 g/mol. The third-order valence-corrected chi connectivity index (χ3v) is 4.86. The molecule has 1 fully saturated rings. The summed E-state index contributed by atoms with van der Waals surface area (Å²) in [6.07, 6.45) is 1.16. The molecule has 1 amide bonds. The first-order valence-corrected chi connectivity index (χ1v) is 8.50. The van der Waals surface area contributed by atoms with Gasteiger partial charge in [0.05, 0.1) is 10.8 Å². The molecule has 1 saturated heterocycles. The maximum Gasteiger partial charge on any atom is 0.229 e. The molecule has 0 aliphatic carbocycles. The van der Waals surface area contributed by atoms with Crippen LogP contribution in [-0.4, -0.2) is 33.7 Å². The van der Waals surface area contributed by atoms with E-state index in [2.05, 4.69) is 10.6 Å². The summed E-state index contributed by atoms with van der Waals surface area (Å²) in [6, 6.07) is 4.79. The Labute approximate surface area is 119 Å². The lowest BCUT2D eigenvalue weighted by Gasteiger charge is -2.16. The van der Waals surface area contributed by atoms with Crippen LogP contribution in [0.2, 0.25) is 0 Å². The smallest absolute Gasteiger partial charge is 0.229 e. The zero-order valence-corrected chi connectivity index (χ0v) is 12.8. The van der Waals surface area contributed by atoms with Gasteiger partial charge in [0.15, 0.2) is 9.84 Å². The lowest BCUT2D eigenvalue weighted by atomic mass is 9.97. The number of benzene rings is 1. The van der Waals surface area contributed by atoms with Crippen LogP contribution in [0.4, 0.5) is 5.69 Å². The predicted molar refractivity (Wildman–Crippen MR) is 78.4 cm³/mol. The average molecular weight is 296 g/mol. The molecular weight excluding hydrogens is 276 g/mol. The highest BCUT2D eigenvalue weighted by molar-refractivity contribution is 7.90. The first kappa shape index (κ1) is 15.0. The SMILES string of the molecule is Cc1ccc(S(C)(=O)=O)cc1NC(=O)[C@@H]1CNC[C@H]1C. The first-order valence-electron chi connectivity index (χ1n) is 6.61. The van der Waals surface area contributed by atoms with E-state index in [0.29, 0.717) is 12.2 Å². The van der Waals surface area contributed by atoms with E-state index in [1.54, 1.807) is 12.1 Å². The lowest BCUT2D eigenvalue weighted by molar-refractivity contribution is -0.120. The van der Waals surface area contributed by atoms with Crippen LogP contribution < -0.4 is 10.6 Å². The molecule has 1 aromatic carbocycles. The predicted octanol–water partition coefficient (Wildman–Crippen LogP) is 1.19. The van der Waals surface area contributed by atoms with Crippen LogP contribution in [0.15, 0.2) is 23.1 Å². The Morgan fingerprint density at radius 1 is 1.35 bits per heavy atom. The summed E-state index contributed by atoms with van der Waals surface area (Å²) in [5.74, 6) is 0.154. The number of carbonyl (C=O) groups excluding carboxylic acids is 1. The first-order chi connectivity index (χ1) is 9.29. The number of hydrogen-bond acceptors (Lipinski definition) is 4. The Morgan fingerprint density at radius 2 is 2.05 bits per heavy atom. The zero-order valence-electron chi connectivity index (χ0n) is 11.9. The van der Waals surface area contributed by atoms with E-state index in [-0.39, 0.29) is 22.6 Å². The second-order valence-corrected chi connectivity index (χ2v) is 7.50. The van der Waals surface area contributed by atoms with Crippen LogP contribution in [0, 0.1) is 18.8 Å². The Morgan fingerprint density at radius 3 is 2.60 bits per heavy atom. The van der Waals surface area contributed by atoms with Crippen molar-refractivity contribution in [3.8, 4) is 0 Å². The highest BCUT2D eigenvalue weighted by atomic mass is 32.2. The normalized spacial score (nSPS) is 22.8. The molecule has 0 radical (unpaired) electrons. The van der Waals surface area contributed by atoms with E-state index >= 15 is 0 Å². The van der Waals surface area contributed by atoms with Crippen molar-refractivity contribution in [3.05, 3.63) is 23.8 Å². The fourth-order valence-electron chi connectivity index (χ4n) is 2.35. The number of rotatable bonds is 3. The quantitative estimate of drug-likeness (QED) is 0.878. The van der Waals surface area contributed by atoms with Crippen LogP contribution >= 0.6 is 0 Å². The molecule has 1 aromatic rings. The fourth-order valence-corrected chi connectivity index (χ4v) is 3.00. The molecule has 2 rings (SSSR count). The Hall–Kier alpha value is -1.40. The molecule has 0 unspecified atom stereocenters. The molecule has 20 heavy (non-hydrogen) atoms. The Bertz CT molecular complexity index is 625. The van der Waals surface area contributed by atoms with E-state index in [1.807, 2.05) is 13.8 Å². The van der Waals surface area contributed by atoms with Gasteiger partial charge in [-0.15, -0.1) is 0 Å². The second kappa shape index (κ2) is 5.54. The third-order valence-electron chi connectivity index (χ3n) is 3.75. The number of carbonyl (C=O) groups is 1. The van der Waals surface area contributed by atoms with Gasteiger partial charge in [-0.05, 0) is 37.1 Å². The van der Waals surface area contributed by atoms with Crippen LogP contribution in [0.1, 0.15) is 12.5 Å². The molecule has 0 bridgehead atoms. The summed E-state index contributed by atoms with van der Waals surface area (Å²) in [4.78, 5) is 12.5. The van der Waals surface area contributed by atoms with Crippen LogP contribution in [0.5, 0.6) is 0 Å². The van der Waals surface area contributed by atoms with Crippen molar-refractivity contribution in [2.45, 2.75) is 18.7 Å². The Kier molecular flexibility index (Phi) is 4.15. The van der Waals surface area contributed by atoms with Gasteiger partial charge >= 0.3 is 0 Å². The van der Waals surface area contributed by atoms with Crippen LogP contribution in [0.25, 0.3) is 0 Å². The number of hydrogen-bond donors (Lipinski definition) is 2. The fraction of sp³-hybridized carbons (Fsp3) is 0.500.